The Morgan fingerprint density at radius 3 is 2.35 bits per heavy atom. The first-order valence-corrected chi connectivity index (χ1v) is 11.1. The van der Waals surface area contributed by atoms with E-state index in [1.807, 2.05) is 19.9 Å². The zero-order valence-corrected chi connectivity index (χ0v) is 17.6. The highest BCUT2D eigenvalue weighted by molar-refractivity contribution is 8.03. The second kappa shape index (κ2) is 10.8. The van der Waals surface area contributed by atoms with E-state index in [-0.39, 0.29) is 17.6 Å². The number of benzene rings is 1. The van der Waals surface area contributed by atoms with Gasteiger partial charge in [0.1, 0.15) is 0 Å². The molecule has 1 heterocycles. The van der Waals surface area contributed by atoms with Crippen LogP contribution < -0.4 is 5.32 Å². The van der Waals surface area contributed by atoms with E-state index in [4.69, 9.17) is 11.6 Å². The zero-order chi connectivity index (χ0) is 18.9. The van der Waals surface area contributed by atoms with Crippen LogP contribution in [-0.4, -0.2) is 51.5 Å². The predicted molar refractivity (Wildman–Crippen MR) is 109 cm³/mol. The molecule has 140 valence electrons. The highest BCUT2D eigenvalue weighted by Gasteiger charge is 2.13. The van der Waals surface area contributed by atoms with Crippen molar-refractivity contribution in [2.24, 2.45) is 0 Å². The molecule has 0 unspecified atom stereocenters. The van der Waals surface area contributed by atoms with E-state index in [2.05, 4.69) is 15.5 Å². The largest absolute Gasteiger partial charge is 0.343 e. The summed E-state index contributed by atoms with van der Waals surface area (Å²) in [5, 5.41) is 11.4. The number of nitrogens with one attached hydrogen (secondary N) is 1. The molecule has 0 aliphatic carbocycles. The van der Waals surface area contributed by atoms with Gasteiger partial charge in [-0.05, 0) is 26.0 Å². The van der Waals surface area contributed by atoms with Crippen molar-refractivity contribution in [3.05, 3.63) is 29.3 Å². The van der Waals surface area contributed by atoms with Crippen molar-refractivity contribution in [2.45, 2.75) is 22.5 Å². The summed E-state index contributed by atoms with van der Waals surface area (Å²) in [6.45, 7) is 5.32. The van der Waals surface area contributed by atoms with Crippen LogP contribution in [0, 0.1) is 0 Å². The summed E-state index contributed by atoms with van der Waals surface area (Å²) in [7, 11) is 0. The molecule has 2 rings (SSSR count). The van der Waals surface area contributed by atoms with Crippen LogP contribution in [0.15, 0.2) is 32.9 Å². The molecular formula is C16H19ClN4O2S3. The molecule has 1 aromatic carbocycles. The lowest BCUT2D eigenvalue weighted by atomic mass is 10.3. The fourth-order valence-electron chi connectivity index (χ4n) is 1.98. The minimum Gasteiger partial charge on any atom is -0.343 e. The van der Waals surface area contributed by atoms with Crippen LogP contribution >= 0.6 is 46.5 Å². The summed E-state index contributed by atoms with van der Waals surface area (Å²) >= 11 is 10.1. The molecule has 0 fully saturated rings. The van der Waals surface area contributed by atoms with E-state index in [1.165, 1.54) is 34.9 Å². The Morgan fingerprint density at radius 2 is 1.73 bits per heavy atom. The average Bonchev–Trinajstić information content (AvgIpc) is 3.09. The number of anilines is 1. The number of thioether (sulfide) groups is 2. The number of hydrogen-bond acceptors (Lipinski definition) is 7. The van der Waals surface area contributed by atoms with E-state index < -0.39 is 0 Å². The number of aromatic nitrogens is 2. The Labute approximate surface area is 170 Å². The van der Waals surface area contributed by atoms with Crippen LogP contribution in [-0.2, 0) is 9.59 Å². The molecule has 6 nitrogen and oxygen atoms in total. The zero-order valence-electron chi connectivity index (χ0n) is 14.4. The van der Waals surface area contributed by atoms with Crippen LogP contribution in [0.2, 0.25) is 5.02 Å². The lowest BCUT2D eigenvalue weighted by Crippen LogP contribution is -2.31. The van der Waals surface area contributed by atoms with Gasteiger partial charge < -0.3 is 10.2 Å². The minimum atomic E-state index is -0.163. The smallest absolute Gasteiger partial charge is 0.234 e. The number of para-hydroxylation sites is 1. The maximum atomic E-state index is 12.0. The first-order chi connectivity index (χ1) is 12.5. The number of halogens is 1. The summed E-state index contributed by atoms with van der Waals surface area (Å²) in [6, 6.07) is 7.08. The van der Waals surface area contributed by atoms with Crippen molar-refractivity contribution in [3.63, 3.8) is 0 Å². The van der Waals surface area contributed by atoms with E-state index >= 15 is 0 Å². The molecule has 2 amide bonds. The Balaban J connectivity index is 1.78. The van der Waals surface area contributed by atoms with E-state index in [1.54, 1.807) is 23.1 Å². The lowest BCUT2D eigenvalue weighted by molar-refractivity contribution is -0.128. The third-order valence-corrected chi connectivity index (χ3v) is 6.80. The van der Waals surface area contributed by atoms with Crippen molar-refractivity contribution in [3.8, 4) is 0 Å². The second-order valence-electron chi connectivity index (χ2n) is 5.01. The Bertz CT molecular complexity index is 753. The van der Waals surface area contributed by atoms with Crippen molar-refractivity contribution in [1.29, 1.82) is 0 Å². The fourth-order valence-corrected chi connectivity index (χ4v) is 4.89. The van der Waals surface area contributed by atoms with E-state index in [9.17, 15) is 9.59 Å². The third kappa shape index (κ3) is 6.46. The molecule has 0 aliphatic rings. The normalized spacial score (nSPS) is 10.6. The molecule has 0 aliphatic heterocycles. The topological polar surface area (TPSA) is 75.2 Å². The molecule has 1 aromatic heterocycles. The Hall–Kier alpha value is -1.29. The fraction of sp³-hybridized carbons (Fsp3) is 0.375. The van der Waals surface area contributed by atoms with Gasteiger partial charge in [-0.25, -0.2) is 0 Å². The van der Waals surface area contributed by atoms with Crippen molar-refractivity contribution in [1.82, 2.24) is 15.1 Å². The van der Waals surface area contributed by atoms with Crippen LogP contribution in [0.3, 0.4) is 0 Å². The van der Waals surface area contributed by atoms with Gasteiger partial charge in [-0.2, -0.15) is 0 Å². The maximum Gasteiger partial charge on any atom is 0.234 e. The van der Waals surface area contributed by atoms with Gasteiger partial charge in [-0.15, -0.1) is 10.2 Å². The summed E-state index contributed by atoms with van der Waals surface area (Å²) in [6.07, 6.45) is 0. The number of amides is 2. The van der Waals surface area contributed by atoms with Crippen LogP contribution in [0.25, 0.3) is 0 Å². The Morgan fingerprint density at radius 1 is 1.12 bits per heavy atom. The van der Waals surface area contributed by atoms with Gasteiger partial charge in [0.05, 0.1) is 22.2 Å². The van der Waals surface area contributed by atoms with Crippen LogP contribution in [0.5, 0.6) is 0 Å². The van der Waals surface area contributed by atoms with Gasteiger partial charge in [0.25, 0.3) is 0 Å². The number of rotatable bonds is 9. The van der Waals surface area contributed by atoms with Crippen molar-refractivity contribution in [2.75, 3.05) is 29.9 Å². The predicted octanol–water partition coefficient (Wildman–Crippen LogP) is 3.88. The maximum absolute atomic E-state index is 12.0. The quantitative estimate of drug-likeness (QED) is 0.608. The molecule has 1 N–H and O–H groups in total. The van der Waals surface area contributed by atoms with Gasteiger partial charge in [-0.1, -0.05) is 58.6 Å². The SMILES string of the molecule is CCN(CC)C(=O)CSc1nnc(SCC(=O)Nc2ccccc2Cl)s1. The second-order valence-corrected chi connectivity index (χ2v) is 8.83. The highest BCUT2D eigenvalue weighted by atomic mass is 35.5. The van der Waals surface area contributed by atoms with Gasteiger partial charge in [-0.3, -0.25) is 9.59 Å². The molecule has 26 heavy (non-hydrogen) atoms. The lowest BCUT2D eigenvalue weighted by Gasteiger charge is -2.17. The summed E-state index contributed by atoms with van der Waals surface area (Å²) in [4.78, 5) is 25.8. The summed E-state index contributed by atoms with van der Waals surface area (Å²) < 4.78 is 1.41. The number of hydrogen-bond donors (Lipinski definition) is 1. The molecular weight excluding hydrogens is 412 g/mol. The number of carbonyl (C=O) groups excluding carboxylic acids is 2. The van der Waals surface area contributed by atoms with E-state index in [0.29, 0.717) is 33.9 Å². The number of carbonyl (C=O) groups is 2. The first-order valence-electron chi connectivity index (χ1n) is 7.94. The molecule has 0 spiro atoms. The standard InChI is InChI=1S/C16H19ClN4O2S3/c1-3-21(4-2)14(23)10-25-16-20-19-15(26-16)24-9-13(22)18-12-8-6-5-7-11(12)17/h5-8H,3-4,9-10H2,1-2H3,(H,18,22). The van der Waals surface area contributed by atoms with E-state index in [0.717, 1.165) is 4.34 Å². The van der Waals surface area contributed by atoms with Gasteiger partial charge in [0.15, 0.2) is 8.68 Å². The molecule has 0 saturated carbocycles. The van der Waals surface area contributed by atoms with Crippen LogP contribution in [0.1, 0.15) is 13.8 Å². The van der Waals surface area contributed by atoms with Gasteiger partial charge in [0, 0.05) is 13.1 Å². The third-order valence-electron chi connectivity index (χ3n) is 3.30. The molecule has 2 aromatic rings. The molecule has 0 bridgehead atoms. The summed E-state index contributed by atoms with van der Waals surface area (Å²) in [5.41, 5.74) is 0.586. The Kier molecular flexibility index (Phi) is 8.70. The highest BCUT2D eigenvalue weighted by Crippen LogP contribution is 2.29. The van der Waals surface area contributed by atoms with Gasteiger partial charge in [0.2, 0.25) is 11.8 Å². The van der Waals surface area contributed by atoms with Crippen molar-refractivity contribution >= 4 is 64.0 Å². The van der Waals surface area contributed by atoms with Crippen molar-refractivity contribution < 1.29 is 9.59 Å². The molecule has 0 radical (unpaired) electrons. The van der Waals surface area contributed by atoms with Gasteiger partial charge >= 0.3 is 0 Å². The number of nitrogens with zero attached hydrogens (tertiary/aromatic N) is 3. The minimum absolute atomic E-state index is 0.0866. The molecule has 10 heteroatoms. The molecule has 0 atom stereocenters. The summed E-state index contributed by atoms with van der Waals surface area (Å²) in [5.74, 6) is 0.476. The molecule has 0 saturated heterocycles. The average molecular weight is 431 g/mol. The van der Waals surface area contributed by atoms with Crippen LogP contribution in [0.4, 0.5) is 5.69 Å². The monoisotopic (exact) mass is 430 g/mol. The first kappa shape index (κ1) is 21.0.